The molecule has 0 aromatic rings. The third kappa shape index (κ3) is 12.4. The van der Waals surface area contributed by atoms with Crippen LogP contribution in [0.25, 0.3) is 0 Å². The summed E-state index contributed by atoms with van der Waals surface area (Å²) in [6.45, 7) is 0. The fourth-order valence-electron chi connectivity index (χ4n) is 0.680. The van der Waals surface area contributed by atoms with Gasteiger partial charge in [-0.3, -0.25) is 12.2 Å². The molecule has 2 aliphatic rings. The first kappa shape index (κ1) is 13.4. The second-order valence-corrected chi connectivity index (χ2v) is 5.82. The molecule has 3 heteroatoms. The first-order chi connectivity index (χ1) is 6.41. The van der Waals surface area contributed by atoms with Crippen LogP contribution < -0.4 is 0 Å². The molecule has 0 radical (unpaired) electrons. The summed E-state index contributed by atoms with van der Waals surface area (Å²) in [6, 6.07) is 0. The summed E-state index contributed by atoms with van der Waals surface area (Å²) in [5, 5.41) is 0. The molecule has 0 bridgehead atoms. The van der Waals surface area contributed by atoms with Gasteiger partial charge in [-0.15, -0.1) is 12.8 Å². The average Bonchev–Trinajstić information content (AvgIpc) is 2.85. The van der Waals surface area contributed by atoms with Crippen molar-refractivity contribution in [3.8, 4) is 0 Å². The minimum absolute atomic E-state index is 0.826. The summed E-state index contributed by atoms with van der Waals surface area (Å²) in [5.74, 6) is 0. The zero-order valence-electron chi connectivity index (χ0n) is 7.13. The van der Waals surface area contributed by atoms with Crippen LogP contribution in [0.1, 0.15) is 12.8 Å². The summed E-state index contributed by atoms with van der Waals surface area (Å²) in [5.41, 5.74) is 0. The fourth-order valence-corrected chi connectivity index (χ4v) is 0.680. The van der Waals surface area contributed by atoms with Crippen LogP contribution in [-0.2, 0) is 20.8 Å². The van der Waals surface area contributed by atoms with E-state index >= 15 is 0 Å². The molecule has 0 N–H and O–H groups in total. The van der Waals surface area contributed by atoms with Crippen molar-refractivity contribution in [1.29, 1.82) is 0 Å². The van der Waals surface area contributed by atoms with Gasteiger partial charge in [0.2, 0.25) is 0 Å². The standard InChI is InChI=1S/2C5H5.2ClH.Zr/c2*1-2-4-5-3-1;;;/h2*1-2,5H,3H2;2*1H;/q2*-1;;;+4/p-2. The number of hydrogen-bond acceptors (Lipinski definition) is 0. The molecule has 0 aliphatic heterocycles. The van der Waals surface area contributed by atoms with E-state index in [-0.39, 0.29) is 0 Å². The molecule has 0 amide bonds. The van der Waals surface area contributed by atoms with Gasteiger partial charge in [0.15, 0.2) is 0 Å². The van der Waals surface area contributed by atoms with Crippen molar-refractivity contribution in [3.05, 3.63) is 48.6 Å². The van der Waals surface area contributed by atoms with Crippen LogP contribution in [0, 0.1) is 12.2 Å². The van der Waals surface area contributed by atoms with Crippen molar-refractivity contribution in [1.82, 2.24) is 0 Å². The topological polar surface area (TPSA) is 0 Å². The van der Waals surface area contributed by atoms with Gasteiger partial charge in [0.05, 0.1) is 0 Å². The molecule has 0 heterocycles. The zero-order chi connectivity index (χ0) is 9.78. The molecular weight excluding hydrogens is 282 g/mol. The van der Waals surface area contributed by atoms with Gasteiger partial charge in [0.25, 0.3) is 0 Å². The van der Waals surface area contributed by atoms with Crippen molar-refractivity contribution >= 4 is 17.0 Å². The molecule has 0 nitrogen and oxygen atoms in total. The average molecular weight is 292 g/mol. The summed E-state index contributed by atoms with van der Waals surface area (Å²) < 4.78 is 0. The van der Waals surface area contributed by atoms with E-state index < -0.39 is 20.8 Å². The maximum atomic E-state index is 4.93. The third-order valence-electron chi connectivity index (χ3n) is 1.17. The van der Waals surface area contributed by atoms with Crippen LogP contribution in [0.2, 0.25) is 0 Å². The second-order valence-electron chi connectivity index (χ2n) is 2.09. The molecule has 0 aromatic carbocycles. The Balaban J connectivity index is 0.000000174. The Kier molecular flexibility index (Phi) is 12.8. The van der Waals surface area contributed by atoms with Gasteiger partial charge in [0, 0.05) is 0 Å². The first-order valence-corrected chi connectivity index (χ1v) is 10.2. The van der Waals surface area contributed by atoms with Crippen molar-refractivity contribution in [2.45, 2.75) is 12.8 Å². The quantitative estimate of drug-likeness (QED) is 0.592. The Morgan fingerprint density at radius 3 is 1.38 bits per heavy atom. The van der Waals surface area contributed by atoms with Crippen molar-refractivity contribution < 1.29 is 20.8 Å². The van der Waals surface area contributed by atoms with Crippen LogP contribution in [0.5, 0.6) is 0 Å². The molecule has 0 fully saturated rings. The number of allylic oxidation sites excluding steroid dienone is 8. The van der Waals surface area contributed by atoms with Crippen molar-refractivity contribution in [2.75, 3.05) is 0 Å². The van der Waals surface area contributed by atoms with Gasteiger partial charge in [-0.25, -0.2) is 24.3 Å². The molecule has 0 spiro atoms. The molecule has 2 aliphatic carbocycles. The summed E-state index contributed by atoms with van der Waals surface area (Å²) in [7, 11) is 9.87. The predicted molar refractivity (Wildman–Crippen MR) is 54.8 cm³/mol. The van der Waals surface area contributed by atoms with Crippen LogP contribution >= 0.6 is 17.0 Å². The van der Waals surface area contributed by atoms with E-state index in [2.05, 4.69) is 24.3 Å². The van der Waals surface area contributed by atoms with Crippen LogP contribution in [0.4, 0.5) is 0 Å². The summed E-state index contributed by atoms with van der Waals surface area (Å²) >= 11 is -0.826. The second kappa shape index (κ2) is 12.4. The van der Waals surface area contributed by atoms with E-state index in [0.29, 0.717) is 0 Å². The van der Waals surface area contributed by atoms with Crippen LogP contribution in [-0.4, -0.2) is 0 Å². The van der Waals surface area contributed by atoms with E-state index in [4.69, 9.17) is 17.0 Å². The first-order valence-electron chi connectivity index (χ1n) is 3.83. The summed E-state index contributed by atoms with van der Waals surface area (Å²) in [6.07, 6.45) is 20.0. The van der Waals surface area contributed by atoms with Gasteiger partial charge in [0.1, 0.15) is 0 Å². The Morgan fingerprint density at radius 2 is 1.31 bits per heavy atom. The molecule has 13 heavy (non-hydrogen) atoms. The SMILES string of the molecule is [C-]1=CCC=C1.[C-]1=CCC=C1.[Cl][Zr+2][Cl]. The van der Waals surface area contributed by atoms with Crippen LogP contribution in [0.15, 0.2) is 36.5 Å². The molecule has 0 atom stereocenters. The fraction of sp³-hybridized carbons (Fsp3) is 0.200. The van der Waals surface area contributed by atoms with Crippen molar-refractivity contribution in [2.24, 2.45) is 0 Å². The molecule has 0 aromatic heterocycles. The minimum atomic E-state index is -0.826. The molecule has 0 unspecified atom stereocenters. The number of halogens is 2. The van der Waals surface area contributed by atoms with Crippen molar-refractivity contribution in [3.63, 3.8) is 0 Å². The van der Waals surface area contributed by atoms with E-state index in [1.807, 2.05) is 24.3 Å². The number of rotatable bonds is 0. The molecule has 0 saturated heterocycles. The Morgan fingerprint density at radius 1 is 0.923 bits per heavy atom. The van der Waals surface area contributed by atoms with Crippen LogP contribution in [0.3, 0.4) is 0 Å². The third-order valence-corrected chi connectivity index (χ3v) is 1.17. The van der Waals surface area contributed by atoms with Gasteiger partial charge >= 0.3 is 37.9 Å². The van der Waals surface area contributed by atoms with Gasteiger partial charge in [-0.2, -0.15) is 12.2 Å². The maximum absolute atomic E-state index is 4.93. The molecular formula is C10H10Cl2Zr. The molecule has 2 rings (SSSR count). The monoisotopic (exact) mass is 290 g/mol. The Bertz CT molecular complexity index is 163. The number of hydrogen-bond donors (Lipinski definition) is 0. The van der Waals surface area contributed by atoms with Gasteiger partial charge in [-0.1, -0.05) is 0 Å². The molecule has 0 saturated carbocycles. The predicted octanol–water partition coefficient (Wildman–Crippen LogP) is 3.99. The van der Waals surface area contributed by atoms with Gasteiger partial charge in [-0.05, 0) is 0 Å². The zero-order valence-corrected chi connectivity index (χ0v) is 11.1. The Labute approximate surface area is 98.7 Å². The summed E-state index contributed by atoms with van der Waals surface area (Å²) in [4.78, 5) is 0. The molecule has 68 valence electrons. The van der Waals surface area contributed by atoms with Gasteiger partial charge < -0.3 is 0 Å². The van der Waals surface area contributed by atoms with E-state index in [1.54, 1.807) is 0 Å². The van der Waals surface area contributed by atoms with E-state index in [0.717, 1.165) is 12.8 Å². The van der Waals surface area contributed by atoms with E-state index in [9.17, 15) is 0 Å². The van der Waals surface area contributed by atoms with E-state index in [1.165, 1.54) is 0 Å². The Hall–Kier alpha value is 0.423. The normalized spacial score (nSPS) is 14.3.